The monoisotopic (exact) mass is 429 g/mol. The highest BCUT2D eigenvalue weighted by molar-refractivity contribution is 7.10. The number of benzene rings is 2. The molecule has 154 valence electrons. The van der Waals surface area contributed by atoms with E-state index >= 15 is 0 Å². The Morgan fingerprint density at radius 3 is 2.00 bits per heavy atom. The third kappa shape index (κ3) is 3.92. The van der Waals surface area contributed by atoms with E-state index in [1.807, 2.05) is 0 Å². The maximum atomic E-state index is 14.7. The third-order valence-electron chi connectivity index (χ3n) is 4.39. The molecule has 0 aliphatic carbocycles. The highest BCUT2D eigenvalue weighted by atomic mass is 32.1. The van der Waals surface area contributed by atoms with Gasteiger partial charge in [0.15, 0.2) is 23.3 Å². The molecule has 0 amide bonds. The fraction of sp³-hybridized carbons (Fsp3) is 0.200. The molecule has 0 bridgehead atoms. The Morgan fingerprint density at radius 1 is 0.931 bits per heavy atom. The number of aliphatic hydroxyl groups excluding tert-OH is 1. The lowest BCUT2D eigenvalue weighted by Crippen LogP contribution is -2.33. The van der Waals surface area contributed by atoms with Crippen LogP contribution in [-0.4, -0.2) is 25.4 Å². The van der Waals surface area contributed by atoms with E-state index in [4.69, 9.17) is 4.74 Å². The van der Waals surface area contributed by atoms with Crippen LogP contribution in [0.5, 0.6) is 5.75 Å². The Kier molecular flexibility index (Phi) is 6.39. The van der Waals surface area contributed by atoms with E-state index in [0.717, 1.165) is 11.3 Å². The zero-order valence-corrected chi connectivity index (χ0v) is 16.0. The Hall–Kier alpha value is -2.65. The molecule has 0 spiro atoms. The lowest BCUT2D eigenvalue weighted by molar-refractivity contribution is 0.297. The molecule has 0 saturated heterocycles. The van der Waals surface area contributed by atoms with Gasteiger partial charge < -0.3 is 14.7 Å². The summed E-state index contributed by atoms with van der Waals surface area (Å²) >= 11 is 1.10. The van der Waals surface area contributed by atoms with Gasteiger partial charge in [0, 0.05) is 17.1 Å². The van der Waals surface area contributed by atoms with Gasteiger partial charge in [-0.25, -0.2) is 22.0 Å². The maximum absolute atomic E-state index is 14.7. The fourth-order valence-corrected chi connectivity index (χ4v) is 3.89. The molecule has 1 atom stereocenters. The van der Waals surface area contributed by atoms with Crippen molar-refractivity contribution in [2.75, 3.05) is 25.2 Å². The van der Waals surface area contributed by atoms with Crippen molar-refractivity contribution in [3.8, 4) is 5.75 Å². The van der Waals surface area contributed by atoms with Gasteiger partial charge >= 0.3 is 0 Å². The highest BCUT2D eigenvalue weighted by Crippen LogP contribution is 2.39. The van der Waals surface area contributed by atoms with Gasteiger partial charge in [0.05, 0.1) is 25.3 Å². The van der Waals surface area contributed by atoms with Gasteiger partial charge in [-0.2, -0.15) is 0 Å². The van der Waals surface area contributed by atoms with Gasteiger partial charge in [0.2, 0.25) is 5.82 Å². The Labute approximate surface area is 167 Å². The van der Waals surface area contributed by atoms with Crippen LogP contribution in [0, 0.1) is 29.1 Å². The number of hydrogen-bond donors (Lipinski definition) is 1. The number of methoxy groups -OCH3 is 1. The molecule has 3 rings (SSSR count). The number of anilines is 1. The second-order valence-corrected chi connectivity index (χ2v) is 7.00. The SMILES string of the molecule is COc1ccc(N(CCO)[C@@H](c2cccs2)c2c(F)c(F)c(F)c(F)c2F)cc1. The second-order valence-electron chi connectivity index (χ2n) is 6.02. The summed E-state index contributed by atoms with van der Waals surface area (Å²) in [5.74, 6) is -9.54. The summed E-state index contributed by atoms with van der Waals surface area (Å²) in [5.41, 5.74) is -0.574. The van der Waals surface area contributed by atoms with Crippen LogP contribution in [0.1, 0.15) is 16.5 Å². The first-order valence-corrected chi connectivity index (χ1v) is 9.35. The average Bonchev–Trinajstić information content (AvgIpc) is 3.27. The molecule has 1 N–H and O–H groups in total. The minimum atomic E-state index is -2.22. The summed E-state index contributed by atoms with van der Waals surface area (Å²) in [6.45, 7) is -0.530. The van der Waals surface area contributed by atoms with Crippen LogP contribution in [-0.2, 0) is 0 Å². The van der Waals surface area contributed by atoms with E-state index in [1.165, 1.54) is 18.1 Å². The van der Waals surface area contributed by atoms with E-state index in [2.05, 4.69) is 0 Å². The summed E-state index contributed by atoms with van der Waals surface area (Å²) in [5, 5.41) is 11.1. The van der Waals surface area contributed by atoms with Crippen LogP contribution in [0.4, 0.5) is 27.6 Å². The number of nitrogens with zero attached hydrogens (tertiary/aromatic N) is 1. The van der Waals surface area contributed by atoms with Crippen molar-refractivity contribution in [1.29, 1.82) is 0 Å². The summed E-state index contributed by atoms with van der Waals surface area (Å²) < 4.78 is 75.8. The van der Waals surface area contributed by atoms with Crippen LogP contribution < -0.4 is 9.64 Å². The summed E-state index contributed by atoms with van der Waals surface area (Å²) in [4.78, 5) is 1.72. The molecular formula is C20H16F5NO2S. The standard InChI is InChI=1S/C20H16F5NO2S/c1-28-12-6-4-11(5-7-12)26(8-9-27)20(13-3-2-10-29-13)14-15(21)17(23)19(25)18(24)16(14)22/h2-7,10,20,27H,8-9H2,1H3/t20-/m0/s1. The minimum Gasteiger partial charge on any atom is -0.497 e. The van der Waals surface area contributed by atoms with Crippen molar-refractivity contribution < 1.29 is 31.8 Å². The molecule has 0 radical (unpaired) electrons. The quantitative estimate of drug-likeness (QED) is 0.325. The molecule has 0 aliphatic rings. The van der Waals surface area contributed by atoms with Crippen LogP contribution in [0.3, 0.4) is 0 Å². The predicted octanol–water partition coefficient (Wildman–Crippen LogP) is 5.04. The molecule has 1 heterocycles. The van der Waals surface area contributed by atoms with E-state index < -0.39 is 47.3 Å². The van der Waals surface area contributed by atoms with Crippen molar-refractivity contribution in [2.24, 2.45) is 0 Å². The molecular weight excluding hydrogens is 413 g/mol. The van der Waals surface area contributed by atoms with Crippen molar-refractivity contribution in [1.82, 2.24) is 0 Å². The zero-order chi connectivity index (χ0) is 21.1. The highest BCUT2D eigenvalue weighted by Gasteiger charge is 2.35. The van der Waals surface area contributed by atoms with Gasteiger partial charge in [-0.3, -0.25) is 0 Å². The first-order valence-electron chi connectivity index (χ1n) is 8.47. The van der Waals surface area contributed by atoms with Crippen LogP contribution in [0.15, 0.2) is 41.8 Å². The number of aliphatic hydroxyl groups is 1. The van der Waals surface area contributed by atoms with Crippen LogP contribution in [0.2, 0.25) is 0 Å². The van der Waals surface area contributed by atoms with Gasteiger partial charge in [0.25, 0.3) is 0 Å². The van der Waals surface area contributed by atoms with Crippen molar-refractivity contribution >= 4 is 17.0 Å². The summed E-state index contributed by atoms with van der Waals surface area (Å²) in [6.07, 6.45) is 0. The Morgan fingerprint density at radius 2 is 1.52 bits per heavy atom. The molecule has 0 aliphatic heterocycles. The topological polar surface area (TPSA) is 32.7 Å². The Balaban J connectivity index is 2.25. The number of rotatable bonds is 7. The number of ether oxygens (including phenoxy) is 1. The molecule has 1 aromatic heterocycles. The first kappa shape index (κ1) is 21.1. The van der Waals surface area contributed by atoms with Gasteiger partial charge in [0.1, 0.15) is 5.75 Å². The summed E-state index contributed by atoms with van der Waals surface area (Å²) in [6, 6.07) is 8.10. The summed E-state index contributed by atoms with van der Waals surface area (Å²) in [7, 11) is 1.46. The normalized spacial score (nSPS) is 12.1. The zero-order valence-electron chi connectivity index (χ0n) is 15.1. The second kappa shape index (κ2) is 8.79. The van der Waals surface area contributed by atoms with Gasteiger partial charge in [-0.1, -0.05) is 6.07 Å². The van der Waals surface area contributed by atoms with E-state index in [0.29, 0.717) is 16.3 Å². The largest absolute Gasteiger partial charge is 0.497 e. The smallest absolute Gasteiger partial charge is 0.200 e. The lowest BCUT2D eigenvalue weighted by Gasteiger charge is -2.33. The molecule has 0 unspecified atom stereocenters. The molecule has 3 aromatic rings. The predicted molar refractivity (Wildman–Crippen MR) is 99.8 cm³/mol. The van der Waals surface area contributed by atoms with Gasteiger partial charge in [-0.15, -0.1) is 11.3 Å². The van der Waals surface area contributed by atoms with Gasteiger partial charge in [-0.05, 0) is 35.7 Å². The number of hydrogen-bond acceptors (Lipinski definition) is 4. The molecule has 2 aromatic carbocycles. The fourth-order valence-electron chi connectivity index (χ4n) is 3.05. The molecule has 3 nitrogen and oxygen atoms in total. The van der Waals surface area contributed by atoms with Crippen LogP contribution in [0.25, 0.3) is 0 Å². The van der Waals surface area contributed by atoms with Crippen LogP contribution >= 0.6 is 11.3 Å². The molecule has 0 saturated carbocycles. The first-order chi connectivity index (χ1) is 13.9. The number of halogens is 5. The lowest BCUT2D eigenvalue weighted by atomic mass is 10.00. The number of thiophene rings is 1. The van der Waals surface area contributed by atoms with E-state index in [9.17, 15) is 27.1 Å². The third-order valence-corrected chi connectivity index (χ3v) is 5.31. The maximum Gasteiger partial charge on any atom is 0.200 e. The van der Waals surface area contributed by atoms with Crippen molar-refractivity contribution in [2.45, 2.75) is 6.04 Å². The average molecular weight is 429 g/mol. The van der Waals surface area contributed by atoms with E-state index in [-0.39, 0.29) is 6.54 Å². The van der Waals surface area contributed by atoms with Crippen molar-refractivity contribution in [3.05, 3.63) is 81.3 Å². The van der Waals surface area contributed by atoms with Crippen molar-refractivity contribution in [3.63, 3.8) is 0 Å². The molecule has 9 heteroatoms. The molecule has 29 heavy (non-hydrogen) atoms. The molecule has 0 fully saturated rings. The van der Waals surface area contributed by atoms with E-state index in [1.54, 1.807) is 35.7 Å². The Bertz CT molecular complexity index is 951. The minimum absolute atomic E-state index is 0.117.